The average molecular weight is 252 g/mol. The summed E-state index contributed by atoms with van der Waals surface area (Å²) in [7, 11) is 0. The summed E-state index contributed by atoms with van der Waals surface area (Å²) in [5.74, 6) is -1.14. The van der Waals surface area contributed by atoms with Gasteiger partial charge in [-0.25, -0.2) is 4.79 Å². The predicted octanol–water partition coefficient (Wildman–Crippen LogP) is 1.13. The van der Waals surface area contributed by atoms with Gasteiger partial charge in [0, 0.05) is 5.56 Å². The summed E-state index contributed by atoms with van der Waals surface area (Å²) in [6.07, 6.45) is 0.977. The molecule has 1 atom stereocenters. The first-order chi connectivity index (χ1) is 8.37. The number of aromatic nitrogens is 1. The largest absolute Gasteiger partial charge is 0.480 e. The first kappa shape index (κ1) is 12.6. The third kappa shape index (κ3) is 1.98. The molecule has 0 bridgehead atoms. The minimum atomic E-state index is -1.05. The molecule has 0 aromatic carbocycles. The topological polar surface area (TPSA) is 92.4 Å². The van der Waals surface area contributed by atoms with Gasteiger partial charge in [0.2, 0.25) is 5.91 Å². The van der Waals surface area contributed by atoms with E-state index in [4.69, 9.17) is 9.63 Å². The number of aliphatic carboxylic acids is 1. The zero-order valence-corrected chi connectivity index (χ0v) is 10.6. The van der Waals surface area contributed by atoms with Gasteiger partial charge in [-0.15, -0.1) is 0 Å². The van der Waals surface area contributed by atoms with E-state index in [9.17, 15) is 9.59 Å². The number of carbonyl (C=O) groups excluding carboxylic acids is 1. The van der Waals surface area contributed by atoms with Crippen molar-refractivity contribution >= 4 is 11.9 Å². The summed E-state index contributed by atoms with van der Waals surface area (Å²) in [5, 5.41) is 15.4. The Balaban J connectivity index is 2.13. The molecule has 0 unspecified atom stereocenters. The van der Waals surface area contributed by atoms with Gasteiger partial charge < -0.3 is 14.9 Å². The van der Waals surface area contributed by atoms with Crippen molar-refractivity contribution in [2.24, 2.45) is 0 Å². The van der Waals surface area contributed by atoms with Crippen LogP contribution in [0.1, 0.15) is 42.7 Å². The molecule has 98 valence electrons. The Kier molecular flexibility index (Phi) is 2.88. The molecule has 18 heavy (non-hydrogen) atoms. The molecule has 1 saturated carbocycles. The number of hydrogen-bond donors (Lipinski definition) is 2. The average Bonchev–Trinajstić information content (AvgIpc) is 3.00. The van der Waals surface area contributed by atoms with E-state index < -0.39 is 17.4 Å². The first-order valence-corrected chi connectivity index (χ1v) is 5.85. The monoisotopic (exact) mass is 252 g/mol. The molecule has 1 aromatic rings. The Morgan fingerprint density at radius 1 is 1.44 bits per heavy atom. The van der Waals surface area contributed by atoms with Crippen LogP contribution in [0.25, 0.3) is 0 Å². The second kappa shape index (κ2) is 4.12. The van der Waals surface area contributed by atoms with Gasteiger partial charge in [0.25, 0.3) is 0 Å². The fourth-order valence-corrected chi connectivity index (χ4v) is 2.10. The first-order valence-electron chi connectivity index (χ1n) is 5.85. The molecule has 6 heteroatoms. The lowest BCUT2D eigenvalue weighted by Gasteiger charge is -2.16. The summed E-state index contributed by atoms with van der Waals surface area (Å²) in [6.45, 7) is 5.22. The van der Waals surface area contributed by atoms with Gasteiger partial charge in [-0.2, -0.15) is 0 Å². The smallest absolute Gasteiger partial charge is 0.329 e. The number of hydrogen-bond acceptors (Lipinski definition) is 4. The molecule has 0 aliphatic heterocycles. The van der Waals surface area contributed by atoms with E-state index >= 15 is 0 Å². The predicted molar refractivity (Wildman–Crippen MR) is 62.1 cm³/mol. The summed E-state index contributed by atoms with van der Waals surface area (Å²) in [4.78, 5) is 23.1. The van der Waals surface area contributed by atoms with Crippen molar-refractivity contribution in [3.05, 3.63) is 17.0 Å². The van der Waals surface area contributed by atoms with Crippen LogP contribution < -0.4 is 5.32 Å². The Labute approximate surface area is 104 Å². The van der Waals surface area contributed by atoms with Crippen LogP contribution in [-0.2, 0) is 9.59 Å². The number of nitrogens with zero attached hydrogens (tertiary/aromatic N) is 1. The highest BCUT2D eigenvalue weighted by Gasteiger charge is 2.52. The van der Waals surface area contributed by atoms with Crippen LogP contribution in [0, 0.1) is 13.8 Å². The molecule has 6 nitrogen and oxygen atoms in total. The van der Waals surface area contributed by atoms with E-state index in [0.717, 1.165) is 5.56 Å². The van der Waals surface area contributed by atoms with Gasteiger partial charge in [-0.3, -0.25) is 4.79 Å². The van der Waals surface area contributed by atoms with Gasteiger partial charge in [0.15, 0.2) is 0 Å². The van der Waals surface area contributed by atoms with Crippen molar-refractivity contribution in [3.63, 3.8) is 0 Å². The number of carboxylic acid groups (broad SMARTS) is 1. The van der Waals surface area contributed by atoms with Gasteiger partial charge in [-0.05, 0) is 33.6 Å². The Bertz CT molecular complexity index is 483. The summed E-state index contributed by atoms with van der Waals surface area (Å²) in [6, 6.07) is 0. The molecule has 1 aliphatic rings. The van der Waals surface area contributed by atoms with E-state index in [-0.39, 0.29) is 5.91 Å². The van der Waals surface area contributed by atoms with Crippen LogP contribution in [-0.4, -0.2) is 27.7 Å². The molecular weight excluding hydrogens is 236 g/mol. The van der Waals surface area contributed by atoms with Crippen LogP contribution in [0.4, 0.5) is 0 Å². The standard InChI is InChI=1S/C12H16N2O4/c1-6(9-7(2)14-18-8(9)3)10(15)13-12(4-5-12)11(16)17/h6H,4-5H2,1-3H3,(H,13,15)(H,16,17)/t6-/m1/s1. The molecule has 1 heterocycles. The lowest BCUT2D eigenvalue weighted by molar-refractivity contribution is -0.143. The van der Waals surface area contributed by atoms with Gasteiger partial charge in [0.1, 0.15) is 11.3 Å². The van der Waals surface area contributed by atoms with E-state index in [2.05, 4.69) is 10.5 Å². The minimum Gasteiger partial charge on any atom is -0.480 e. The van der Waals surface area contributed by atoms with Crippen LogP contribution >= 0.6 is 0 Å². The highest BCUT2D eigenvalue weighted by atomic mass is 16.5. The Hall–Kier alpha value is -1.85. The quantitative estimate of drug-likeness (QED) is 0.837. The molecular formula is C12H16N2O4. The van der Waals surface area contributed by atoms with Crippen LogP contribution in [0.5, 0.6) is 0 Å². The number of nitrogens with one attached hydrogen (secondary N) is 1. The molecule has 1 aliphatic carbocycles. The Morgan fingerprint density at radius 3 is 2.44 bits per heavy atom. The lowest BCUT2D eigenvalue weighted by atomic mass is 9.98. The number of carboxylic acids is 1. The van der Waals surface area contributed by atoms with Crippen molar-refractivity contribution in [2.45, 2.75) is 45.1 Å². The maximum absolute atomic E-state index is 12.1. The van der Waals surface area contributed by atoms with Crippen LogP contribution in [0.15, 0.2) is 4.52 Å². The number of carbonyl (C=O) groups is 2. The zero-order valence-electron chi connectivity index (χ0n) is 10.6. The second-order valence-corrected chi connectivity index (χ2v) is 4.84. The maximum Gasteiger partial charge on any atom is 0.329 e. The highest BCUT2D eigenvalue weighted by molar-refractivity contribution is 5.92. The fraction of sp³-hybridized carbons (Fsp3) is 0.583. The second-order valence-electron chi connectivity index (χ2n) is 4.84. The SMILES string of the molecule is Cc1noc(C)c1[C@@H](C)C(=O)NC1(C(=O)O)CC1. The van der Waals surface area contributed by atoms with Crippen molar-refractivity contribution < 1.29 is 19.2 Å². The normalized spacial score (nSPS) is 18.2. The minimum absolute atomic E-state index is 0.302. The van der Waals surface area contributed by atoms with Gasteiger partial charge in [-0.1, -0.05) is 5.16 Å². The van der Waals surface area contributed by atoms with E-state index in [1.54, 1.807) is 20.8 Å². The van der Waals surface area contributed by atoms with Gasteiger partial charge in [0.05, 0.1) is 11.6 Å². The van der Waals surface area contributed by atoms with E-state index in [1.165, 1.54) is 0 Å². The molecule has 0 saturated heterocycles. The van der Waals surface area contributed by atoms with Crippen LogP contribution in [0.3, 0.4) is 0 Å². The molecule has 2 rings (SSSR count). The summed E-state index contributed by atoms with van der Waals surface area (Å²) < 4.78 is 5.01. The molecule has 1 fully saturated rings. The molecule has 0 spiro atoms. The molecule has 0 radical (unpaired) electrons. The molecule has 2 N–H and O–H groups in total. The summed E-state index contributed by atoms with van der Waals surface area (Å²) >= 11 is 0. The zero-order chi connectivity index (χ0) is 13.5. The Morgan fingerprint density at radius 2 is 2.06 bits per heavy atom. The molecule has 1 amide bonds. The third-order valence-electron chi connectivity index (χ3n) is 3.44. The maximum atomic E-state index is 12.1. The van der Waals surface area contributed by atoms with Crippen molar-refractivity contribution in [1.82, 2.24) is 10.5 Å². The number of rotatable bonds is 4. The lowest BCUT2D eigenvalue weighted by Crippen LogP contribution is -2.44. The van der Waals surface area contributed by atoms with Crippen molar-refractivity contribution in [2.75, 3.05) is 0 Å². The summed E-state index contributed by atoms with van der Waals surface area (Å²) in [5.41, 5.74) is 0.341. The van der Waals surface area contributed by atoms with Crippen LogP contribution in [0.2, 0.25) is 0 Å². The highest BCUT2D eigenvalue weighted by Crippen LogP contribution is 2.36. The van der Waals surface area contributed by atoms with Crippen molar-refractivity contribution in [1.29, 1.82) is 0 Å². The van der Waals surface area contributed by atoms with Gasteiger partial charge >= 0.3 is 5.97 Å². The number of aryl methyl sites for hydroxylation is 2. The van der Waals surface area contributed by atoms with E-state index in [0.29, 0.717) is 24.3 Å². The van der Waals surface area contributed by atoms with Crippen molar-refractivity contribution in [3.8, 4) is 0 Å². The fourth-order valence-electron chi connectivity index (χ4n) is 2.10. The van der Waals surface area contributed by atoms with E-state index in [1.807, 2.05) is 0 Å². The number of amides is 1. The third-order valence-corrected chi connectivity index (χ3v) is 3.44. The molecule has 1 aromatic heterocycles.